The molecule has 23 heavy (non-hydrogen) atoms. The van der Waals surface area contributed by atoms with Crippen LogP contribution in [0.3, 0.4) is 0 Å². The lowest BCUT2D eigenvalue weighted by atomic mass is 9.75. The highest BCUT2D eigenvalue weighted by molar-refractivity contribution is 7.90. The average molecular weight is 361 g/mol. The van der Waals surface area contributed by atoms with Gasteiger partial charge >= 0.3 is 0 Å². The van der Waals surface area contributed by atoms with Crippen LogP contribution < -0.4 is 0 Å². The van der Waals surface area contributed by atoms with Crippen LogP contribution in [0, 0.1) is 0 Å². The maximum atomic E-state index is 12.7. The fourth-order valence-corrected chi connectivity index (χ4v) is 4.75. The fraction of sp³-hybridized carbons (Fsp3) is 0.600. The molecule has 130 valence electrons. The zero-order chi connectivity index (χ0) is 17.5. The molecule has 0 spiro atoms. The van der Waals surface area contributed by atoms with Gasteiger partial charge in [0.05, 0.1) is 9.79 Å². The highest BCUT2D eigenvalue weighted by atomic mass is 32.2. The van der Waals surface area contributed by atoms with Crippen molar-refractivity contribution >= 4 is 19.9 Å². The second kappa shape index (κ2) is 6.16. The molecule has 0 atom stereocenters. The summed E-state index contributed by atoms with van der Waals surface area (Å²) >= 11 is 0. The number of rotatable bonds is 6. The highest BCUT2D eigenvalue weighted by Crippen LogP contribution is 2.37. The Hall–Kier alpha value is -0.960. The summed E-state index contributed by atoms with van der Waals surface area (Å²) in [4.78, 5) is 2.32. The van der Waals surface area contributed by atoms with Crippen molar-refractivity contribution in [2.24, 2.45) is 0 Å². The van der Waals surface area contributed by atoms with Gasteiger partial charge in [-0.2, -0.15) is 4.31 Å². The first-order valence-corrected chi connectivity index (χ1v) is 10.8. The molecule has 0 aromatic heterocycles. The molecule has 0 aliphatic heterocycles. The quantitative estimate of drug-likeness (QED) is 0.762. The molecular weight excluding hydrogens is 336 g/mol. The molecule has 1 aromatic carbocycles. The Morgan fingerprint density at radius 1 is 0.957 bits per heavy atom. The second-order valence-electron chi connectivity index (χ2n) is 6.48. The van der Waals surface area contributed by atoms with Crippen molar-refractivity contribution in [3.8, 4) is 0 Å². The average Bonchev–Trinajstić information content (AvgIpc) is 2.41. The molecule has 1 saturated carbocycles. The van der Waals surface area contributed by atoms with Gasteiger partial charge in [0.2, 0.25) is 10.0 Å². The first-order valence-electron chi connectivity index (χ1n) is 7.43. The van der Waals surface area contributed by atoms with Crippen molar-refractivity contribution in [3.05, 3.63) is 24.3 Å². The van der Waals surface area contributed by atoms with E-state index in [0.717, 1.165) is 25.5 Å². The second-order valence-corrected chi connectivity index (χ2v) is 10.5. The van der Waals surface area contributed by atoms with E-state index in [1.54, 1.807) is 7.05 Å². The lowest BCUT2D eigenvalue weighted by Gasteiger charge is -2.48. The molecule has 0 unspecified atom stereocenters. The number of hydrogen-bond donors (Lipinski definition) is 0. The molecule has 1 aliphatic rings. The van der Waals surface area contributed by atoms with E-state index in [1.807, 2.05) is 14.1 Å². The van der Waals surface area contributed by atoms with E-state index in [2.05, 4.69) is 4.90 Å². The van der Waals surface area contributed by atoms with Gasteiger partial charge in [-0.25, -0.2) is 16.8 Å². The molecular formula is C15H24N2O4S2. The van der Waals surface area contributed by atoms with Crippen molar-refractivity contribution < 1.29 is 16.8 Å². The first-order chi connectivity index (χ1) is 10.5. The Kier molecular flexibility index (Phi) is 4.92. The minimum Gasteiger partial charge on any atom is -0.302 e. The van der Waals surface area contributed by atoms with E-state index in [9.17, 15) is 16.8 Å². The van der Waals surface area contributed by atoms with Crippen LogP contribution in [0.25, 0.3) is 0 Å². The van der Waals surface area contributed by atoms with Gasteiger partial charge < -0.3 is 4.90 Å². The molecule has 0 radical (unpaired) electrons. The minimum atomic E-state index is -3.63. The van der Waals surface area contributed by atoms with Crippen LogP contribution in [-0.4, -0.2) is 65.5 Å². The molecule has 1 aromatic rings. The van der Waals surface area contributed by atoms with Gasteiger partial charge in [-0.15, -0.1) is 0 Å². The van der Waals surface area contributed by atoms with E-state index in [0.29, 0.717) is 6.54 Å². The zero-order valence-electron chi connectivity index (χ0n) is 14.0. The van der Waals surface area contributed by atoms with Crippen molar-refractivity contribution in [1.29, 1.82) is 0 Å². The molecule has 6 nitrogen and oxygen atoms in total. The number of nitrogens with zero attached hydrogens (tertiary/aromatic N) is 2. The third kappa shape index (κ3) is 3.60. The summed E-state index contributed by atoms with van der Waals surface area (Å²) in [6.07, 6.45) is 4.16. The standard InChI is InChI=1S/C15H24N2O4S2/c1-16(2)15(10-5-11-15)12-17(3)23(20,21)14-8-6-13(7-9-14)22(4,18)19/h6-9H,5,10-12H2,1-4H3. The first kappa shape index (κ1) is 18.4. The Morgan fingerprint density at radius 2 is 1.43 bits per heavy atom. The van der Waals surface area contributed by atoms with E-state index < -0.39 is 19.9 Å². The summed E-state index contributed by atoms with van der Waals surface area (Å²) in [5.74, 6) is 0. The van der Waals surface area contributed by atoms with Gasteiger partial charge in [-0.05, 0) is 57.6 Å². The summed E-state index contributed by atoms with van der Waals surface area (Å²) in [6, 6.07) is 5.37. The summed E-state index contributed by atoms with van der Waals surface area (Å²) < 4.78 is 49.7. The number of hydrogen-bond acceptors (Lipinski definition) is 5. The Morgan fingerprint density at radius 3 is 1.78 bits per heavy atom. The lowest BCUT2D eigenvalue weighted by molar-refractivity contribution is 0.0455. The Balaban J connectivity index is 2.24. The van der Waals surface area contributed by atoms with E-state index in [1.165, 1.54) is 28.6 Å². The fourth-order valence-electron chi connectivity index (χ4n) is 2.87. The SMILES string of the molecule is CN(C)C1(CN(C)S(=O)(=O)c2ccc(S(C)(=O)=O)cc2)CCC1. The summed E-state index contributed by atoms with van der Waals surface area (Å²) in [5.41, 5.74) is -0.103. The van der Waals surface area contributed by atoms with E-state index >= 15 is 0 Å². The van der Waals surface area contributed by atoms with Crippen LogP contribution in [0.4, 0.5) is 0 Å². The van der Waals surface area contributed by atoms with E-state index in [4.69, 9.17) is 0 Å². The zero-order valence-corrected chi connectivity index (χ0v) is 15.6. The maximum Gasteiger partial charge on any atom is 0.242 e. The van der Waals surface area contributed by atoms with Gasteiger partial charge in [0.1, 0.15) is 0 Å². The Labute approximate surface area is 139 Å². The molecule has 1 aliphatic carbocycles. The van der Waals surface area contributed by atoms with Gasteiger partial charge in [0.25, 0.3) is 0 Å². The van der Waals surface area contributed by atoms with Crippen molar-refractivity contribution in [3.63, 3.8) is 0 Å². The van der Waals surface area contributed by atoms with Crippen molar-refractivity contribution in [1.82, 2.24) is 9.21 Å². The molecule has 2 rings (SSSR count). The van der Waals surface area contributed by atoms with Gasteiger partial charge in [-0.1, -0.05) is 0 Å². The monoisotopic (exact) mass is 360 g/mol. The number of sulfonamides is 1. The summed E-state index contributed by atoms with van der Waals surface area (Å²) in [5, 5.41) is 0. The van der Waals surface area contributed by atoms with Crippen LogP contribution in [0.1, 0.15) is 19.3 Å². The summed E-state index contributed by atoms with van der Waals surface area (Å²) in [6.45, 7) is 0.427. The van der Waals surface area contributed by atoms with Crippen LogP contribution >= 0.6 is 0 Å². The number of benzene rings is 1. The molecule has 0 bridgehead atoms. The third-order valence-electron chi connectivity index (χ3n) is 4.71. The third-order valence-corrected chi connectivity index (χ3v) is 7.66. The molecule has 0 amide bonds. The predicted molar refractivity (Wildman–Crippen MR) is 89.6 cm³/mol. The molecule has 0 saturated heterocycles. The lowest BCUT2D eigenvalue weighted by Crippen LogP contribution is -2.57. The van der Waals surface area contributed by atoms with Crippen LogP contribution in [0.5, 0.6) is 0 Å². The highest BCUT2D eigenvalue weighted by Gasteiger charge is 2.42. The number of likely N-dealkylation sites (N-methyl/N-ethyl adjacent to an activating group) is 2. The van der Waals surface area contributed by atoms with Crippen LogP contribution in [0.2, 0.25) is 0 Å². The molecule has 0 N–H and O–H groups in total. The topological polar surface area (TPSA) is 74.8 Å². The maximum absolute atomic E-state index is 12.7. The largest absolute Gasteiger partial charge is 0.302 e. The molecule has 0 heterocycles. The number of sulfone groups is 1. The van der Waals surface area contributed by atoms with Crippen molar-refractivity contribution in [2.75, 3.05) is 33.9 Å². The van der Waals surface area contributed by atoms with Gasteiger partial charge in [0.15, 0.2) is 9.84 Å². The summed E-state index contributed by atoms with van der Waals surface area (Å²) in [7, 11) is -1.45. The van der Waals surface area contributed by atoms with Crippen LogP contribution in [0.15, 0.2) is 34.1 Å². The smallest absolute Gasteiger partial charge is 0.242 e. The molecule has 1 fully saturated rings. The van der Waals surface area contributed by atoms with Gasteiger partial charge in [0, 0.05) is 25.4 Å². The van der Waals surface area contributed by atoms with Crippen molar-refractivity contribution in [2.45, 2.75) is 34.6 Å². The van der Waals surface area contributed by atoms with Crippen LogP contribution in [-0.2, 0) is 19.9 Å². The van der Waals surface area contributed by atoms with E-state index in [-0.39, 0.29) is 15.3 Å². The Bertz CT molecular complexity index is 764. The predicted octanol–water partition coefficient (Wildman–Crippen LogP) is 1.19. The minimum absolute atomic E-state index is 0.103. The normalized spacial score (nSPS) is 18.2. The van der Waals surface area contributed by atoms with Gasteiger partial charge in [-0.3, -0.25) is 0 Å². The molecule has 8 heteroatoms.